The highest BCUT2D eigenvalue weighted by Gasteiger charge is 2.28. The molecular weight excluding hydrogens is 446 g/mol. The molecule has 3 aromatic rings. The summed E-state index contributed by atoms with van der Waals surface area (Å²) in [5.74, 6) is -0.756. The Hall–Kier alpha value is -3.99. The van der Waals surface area contributed by atoms with E-state index in [0.29, 0.717) is 16.9 Å². The van der Waals surface area contributed by atoms with Crippen molar-refractivity contribution in [3.63, 3.8) is 0 Å². The second kappa shape index (κ2) is 8.87. The van der Waals surface area contributed by atoms with Gasteiger partial charge < -0.3 is 10.6 Å². The third-order valence-electron chi connectivity index (χ3n) is 5.02. The maximum Gasteiger partial charge on any atom is 0.324 e. The summed E-state index contributed by atoms with van der Waals surface area (Å²) < 4.78 is 28.4. The number of para-hydroxylation sites is 1. The van der Waals surface area contributed by atoms with E-state index in [1.165, 1.54) is 18.2 Å². The summed E-state index contributed by atoms with van der Waals surface area (Å²) in [6.45, 7) is 1.80. The number of sulfonamides is 1. The Morgan fingerprint density at radius 2 is 1.85 bits per heavy atom. The first-order valence-corrected chi connectivity index (χ1v) is 11.6. The van der Waals surface area contributed by atoms with Crippen molar-refractivity contribution in [2.45, 2.75) is 18.2 Å². The topological polar surface area (TPSA) is 138 Å². The van der Waals surface area contributed by atoms with Gasteiger partial charge in [0.15, 0.2) is 0 Å². The van der Waals surface area contributed by atoms with Gasteiger partial charge in [-0.05, 0) is 48.9 Å². The average Bonchev–Trinajstić information content (AvgIpc) is 3.10. The highest BCUT2D eigenvalue weighted by Crippen LogP contribution is 2.24. The molecule has 33 heavy (non-hydrogen) atoms. The van der Waals surface area contributed by atoms with E-state index in [1.807, 2.05) is 13.0 Å². The van der Waals surface area contributed by atoms with Gasteiger partial charge in [0.05, 0.1) is 12.1 Å². The summed E-state index contributed by atoms with van der Waals surface area (Å²) in [6, 6.07) is 12.5. The number of benzene rings is 2. The van der Waals surface area contributed by atoms with E-state index in [2.05, 4.69) is 20.3 Å². The van der Waals surface area contributed by atoms with Gasteiger partial charge in [0.2, 0.25) is 11.8 Å². The minimum Gasteiger partial charge on any atom is -0.329 e. The molecule has 0 saturated carbocycles. The van der Waals surface area contributed by atoms with E-state index in [9.17, 15) is 22.8 Å². The van der Waals surface area contributed by atoms with Gasteiger partial charge in [-0.2, -0.15) is 0 Å². The summed E-state index contributed by atoms with van der Waals surface area (Å²) >= 11 is 0. The molecule has 0 spiro atoms. The number of nitrogens with one attached hydrogen (secondary N) is 3. The Kier molecular flexibility index (Phi) is 5.97. The van der Waals surface area contributed by atoms with Gasteiger partial charge in [-0.1, -0.05) is 12.1 Å². The third kappa shape index (κ3) is 4.93. The molecule has 1 aliphatic rings. The Morgan fingerprint density at radius 3 is 2.55 bits per heavy atom. The van der Waals surface area contributed by atoms with Crippen LogP contribution in [0.1, 0.15) is 12.0 Å². The van der Waals surface area contributed by atoms with Crippen molar-refractivity contribution in [2.75, 3.05) is 23.1 Å². The second-order valence-electron chi connectivity index (χ2n) is 7.53. The van der Waals surface area contributed by atoms with E-state index in [-0.39, 0.29) is 36.2 Å². The molecule has 2 heterocycles. The van der Waals surface area contributed by atoms with Gasteiger partial charge in [0.25, 0.3) is 10.0 Å². The van der Waals surface area contributed by atoms with E-state index >= 15 is 0 Å². The molecule has 1 saturated heterocycles. The van der Waals surface area contributed by atoms with Crippen LogP contribution in [0, 0.1) is 6.92 Å². The highest BCUT2D eigenvalue weighted by molar-refractivity contribution is 7.93. The maximum absolute atomic E-state index is 12.9. The number of imide groups is 1. The summed E-state index contributed by atoms with van der Waals surface area (Å²) in [5.41, 5.74) is 2.07. The fraction of sp³-hybridized carbons (Fsp3) is 0.182. The van der Waals surface area contributed by atoms with Crippen LogP contribution in [-0.2, 0) is 19.6 Å². The number of nitrogens with zero attached hydrogens (tertiary/aromatic N) is 2. The van der Waals surface area contributed by atoms with Gasteiger partial charge in [-0.15, -0.1) is 0 Å². The zero-order valence-electron chi connectivity index (χ0n) is 17.7. The van der Waals surface area contributed by atoms with Crippen molar-refractivity contribution in [1.82, 2.24) is 15.2 Å². The van der Waals surface area contributed by atoms with Crippen LogP contribution in [0.15, 0.2) is 59.6 Å². The van der Waals surface area contributed by atoms with Crippen LogP contribution in [0.4, 0.5) is 16.2 Å². The van der Waals surface area contributed by atoms with Gasteiger partial charge in [0.1, 0.15) is 4.90 Å². The zero-order valence-corrected chi connectivity index (χ0v) is 18.5. The smallest absolute Gasteiger partial charge is 0.324 e. The average molecular weight is 468 g/mol. The first-order valence-electron chi connectivity index (χ1n) is 10.1. The van der Waals surface area contributed by atoms with E-state index in [4.69, 9.17) is 0 Å². The number of rotatable bonds is 7. The van der Waals surface area contributed by atoms with Crippen LogP contribution in [0.3, 0.4) is 0 Å². The number of aromatic nitrogens is 1. The number of urea groups is 1. The Labute approximate surface area is 190 Å². The molecular formula is C22H21N5O5S. The summed E-state index contributed by atoms with van der Waals surface area (Å²) in [6.07, 6.45) is 1.56. The molecule has 4 rings (SSSR count). The second-order valence-corrected chi connectivity index (χ2v) is 9.18. The van der Waals surface area contributed by atoms with Gasteiger partial charge in [-0.25, -0.2) is 13.2 Å². The fourth-order valence-electron chi connectivity index (χ4n) is 3.41. The lowest BCUT2D eigenvalue weighted by Gasteiger charge is -2.13. The molecule has 0 radical (unpaired) electrons. The first kappa shape index (κ1) is 22.2. The van der Waals surface area contributed by atoms with Crippen LogP contribution < -0.4 is 15.4 Å². The number of hydrogen-bond donors (Lipinski definition) is 3. The van der Waals surface area contributed by atoms with Crippen molar-refractivity contribution < 1.29 is 22.8 Å². The van der Waals surface area contributed by atoms with Gasteiger partial charge in [-0.3, -0.25) is 24.2 Å². The number of hydrogen-bond acceptors (Lipinski definition) is 6. The Morgan fingerprint density at radius 1 is 1.12 bits per heavy atom. The predicted octanol–water partition coefficient (Wildman–Crippen LogP) is 2.22. The first-order chi connectivity index (χ1) is 15.7. The summed E-state index contributed by atoms with van der Waals surface area (Å²) in [5, 5.41) is 5.76. The number of fused-ring (bicyclic) bond motifs is 1. The molecule has 0 atom stereocenters. The SMILES string of the molecule is Cc1cnc2c(S(=O)(=O)Nc3ccc(NC(=O)CCN4C(=O)CNC4=O)cc3)cccc2c1. The number of carbonyl (C=O) groups is 3. The normalized spacial score (nSPS) is 13.8. The minimum absolute atomic E-state index is 0.0209. The number of carbonyl (C=O) groups excluding carboxylic acids is 3. The van der Waals surface area contributed by atoms with Crippen LogP contribution in [0.5, 0.6) is 0 Å². The molecule has 0 aliphatic carbocycles. The molecule has 10 nitrogen and oxygen atoms in total. The standard InChI is InChI=1S/C22H21N5O5S/c1-14-11-15-3-2-4-18(21(15)23-12-14)33(31,32)26-17-7-5-16(6-8-17)25-19(28)9-10-27-20(29)13-24-22(27)30/h2-8,11-12,26H,9-10,13H2,1H3,(H,24,30)(H,25,28). The van der Waals surface area contributed by atoms with Crippen molar-refractivity contribution in [1.29, 1.82) is 0 Å². The van der Waals surface area contributed by atoms with Crippen molar-refractivity contribution >= 4 is 50.1 Å². The largest absolute Gasteiger partial charge is 0.329 e. The minimum atomic E-state index is -3.89. The van der Waals surface area contributed by atoms with Crippen molar-refractivity contribution in [2.24, 2.45) is 0 Å². The lowest BCUT2D eigenvalue weighted by Crippen LogP contribution is -2.33. The molecule has 4 amide bonds. The number of amides is 4. The Bertz CT molecular complexity index is 1340. The molecule has 1 aromatic heterocycles. The summed E-state index contributed by atoms with van der Waals surface area (Å²) in [7, 11) is -3.89. The lowest BCUT2D eigenvalue weighted by atomic mass is 10.2. The molecule has 11 heteroatoms. The molecule has 170 valence electrons. The van der Waals surface area contributed by atoms with Gasteiger partial charge in [0, 0.05) is 35.9 Å². The Balaban J connectivity index is 1.41. The van der Waals surface area contributed by atoms with E-state index in [1.54, 1.807) is 30.5 Å². The third-order valence-corrected chi connectivity index (χ3v) is 6.43. The summed E-state index contributed by atoms with van der Waals surface area (Å²) in [4.78, 5) is 40.5. The number of anilines is 2. The van der Waals surface area contributed by atoms with Crippen LogP contribution in [0.2, 0.25) is 0 Å². The molecule has 3 N–H and O–H groups in total. The molecule has 1 fully saturated rings. The van der Waals surface area contributed by atoms with E-state index in [0.717, 1.165) is 15.8 Å². The van der Waals surface area contributed by atoms with Crippen LogP contribution >= 0.6 is 0 Å². The molecule has 0 unspecified atom stereocenters. The predicted molar refractivity (Wildman–Crippen MR) is 122 cm³/mol. The quantitative estimate of drug-likeness (QED) is 0.456. The van der Waals surface area contributed by atoms with Crippen molar-refractivity contribution in [3.8, 4) is 0 Å². The molecule has 1 aliphatic heterocycles. The number of pyridine rings is 1. The van der Waals surface area contributed by atoms with Crippen LogP contribution in [-0.4, -0.2) is 49.2 Å². The lowest BCUT2D eigenvalue weighted by molar-refractivity contribution is -0.125. The molecule has 2 aromatic carbocycles. The zero-order chi connectivity index (χ0) is 23.6. The van der Waals surface area contributed by atoms with E-state index < -0.39 is 16.1 Å². The number of aryl methyl sites for hydroxylation is 1. The fourth-order valence-corrected chi connectivity index (χ4v) is 4.65. The van der Waals surface area contributed by atoms with Gasteiger partial charge >= 0.3 is 6.03 Å². The van der Waals surface area contributed by atoms with Crippen molar-refractivity contribution in [3.05, 3.63) is 60.3 Å². The monoisotopic (exact) mass is 467 g/mol. The highest BCUT2D eigenvalue weighted by atomic mass is 32.2. The van der Waals surface area contributed by atoms with Crippen LogP contribution in [0.25, 0.3) is 10.9 Å². The maximum atomic E-state index is 12.9. The molecule has 0 bridgehead atoms.